The molecular formula is C10H10BrN5O. The second kappa shape index (κ2) is 3.99. The first-order valence-corrected chi connectivity index (χ1v) is 6.01. The molecule has 7 heteroatoms. The van der Waals surface area contributed by atoms with Gasteiger partial charge in [-0.15, -0.1) is 0 Å². The molecule has 0 unspecified atom stereocenters. The summed E-state index contributed by atoms with van der Waals surface area (Å²) in [6, 6.07) is 0.308. The van der Waals surface area contributed by atoms with Crippen molar-refractivity contribution in [2.75, 3.05) is 18.0 Å². The second-order valence-corrected chi connectivity index (χ2v) is 4.85. The van der Waals surface area contributed by atoms with E-state index in [-0.39, 0.29) is 5.56 Å². The van der Waals surface area contributed by atoms with Gasteiger partial charge in [0, 0.05) is 31.7 Å². The van der Waals surface area contributed by atoms with E-state index in [1.54, 1.807) is 12.4 Å². The van der Waals surface area contributed by atoms with Crippen LogP contribution >= 0.6 is 15.9 Å². The lowest BCUT2D eigenvalue weighted by atomic mass is 10.1. The summed E-state index contributed by atoms with van der Waals surface area (Å²) in [7, 11) is 0. The number of aromatic amines is 1. The Bertz CT molecular complexity index is 586. The molecule has 17 heavy (non-hydrogen) atoms. The summed E-state index contributed by atoms with van der Waals surface area (Å²) in [6.45, 7) is 1.52. The van der Waals surface area contributed by atoms with Gasteiger partial charge in [-0.3, -0.25) is 9.48 Å². The highest BCUT2D eigenvalue weighted by Crippen LogP contribution is 2.24. The van der Waals surface area contributed by atoms with Crippen molar-refractivity contribution >= 4 is 21.7 Å². The molecule has 1 N–H and O–H groups in total. The highest BCUT2D eigenvalue weighted by molar-refractivity contribution is 9.10. The van der Waals surface area contributed by atoms with E-state index in [2.05, 4.69) is 31.0 Å². The standard InChI is InChI=1S/C10H10BrN5O/c11-7-3-14-16(4-7)8-5-15(6-8)9-10(17)13-2-1-12-9/h1-4,8H,5-6H2,(H,13,17). The van der Waals surface area contributed by atoms with E-state index < -0.39 is 0 Å². The molecule has 1 aliphatic rings. The van der Waals surface area contributed by atoms with Gasteiger partial charge in [-0.2, -0.15) is 5.10 Å². The van der Waals surface area contributed by atoms with Crippen LogP contribution < -0.4 is 10.5 Å². The highest BCUT2D eigenvalue weighted by Gasteiger charge is 2.31. The maximum absolute atomic E-state index is 11.5. The molecule has 3 heterocycles. The Balaban J connectivity index is 1.73. The number of anilines is 1. The predicted octanol–water partition coefficient (Wildman–Crippen LogP) is 0.790. The molecule has 2 aromatic rings. The predicted molar refractivity (Wildman–Crippen MR) is 66.0 cm³/mol. The zero-order valence-corrected chi connectivity index (χ0v) is 10.5. The Hall–Kier alpha value is -1.63. The minimum absolute atomic E-state index is 0.146. The van der Waals surface area contributed by atoms with Crippen LogP contribution in [0.1, 0.15) is 6.04 Å². The minimum atomic E-state index is -0.146. The summed E-state index contributed by atoms with van der Waals surface area (Å²) >= 11 is 3.36. The number of hydrogen-bond donors (Lipinski definition) is 1. The summed E-state index contributed by atoms with van der Waals surface area (Å²) in [5, 5.41) is 4.23. The van der Waals surface area contributed by atoms with Gasteiger partial charge in [-0.05, 0) is 15.9 Å². The van der Waals surface area contributed by atoms with Crippen molar-refractivity contribution in [3.05, 3.63) is 39.6 Å². The number of rotatable bonds is 2. The molecule has 2 aromatic heterocycles. The second-order valence-electron chi connectivity index (χ2n) is 3.94. The Morgan fingerprint density at radius 3 is 2.94 bits per heavy atom. The van der Waals surface area contributed by atoms with Gasteiger partial charge in [0.25, 0.3) is 5.56 Å². The first-order chi connectivity index (χ1) is 8.24. The van der Waals surface area contributed by atoms with E-state index in [1.165, 1.54) is 6.20 Å². The number of H-pyrrole nitrogens is 1. The quantitative estimate of drug-likeness (QED) is 0.890. The van der Waals surface area contributed by atoms with Gasteiger partial charge in [0.2, 0.25) is 0 Å². The lowest BCUT2D eigenvalue weighted by molar-refractivity contribution is 0.365. The van der Waals surface area contributed by atoms with Gasteiger partial charge in [0.15, 0.2) is 5.82 Å². The van der Waals surface area contributed by atoms with E-state index >= 15 is 0 Å². The molecule has 3 rings (SSSR count). The van der Waals surface area contributed by atoms with Gasteiger partial charge in [-0.25, -0.2) is 4.98 Å². The number of nitrogens with zero attached hydrogens (tertiary/aromatic N) is 4. The first kappa shape index (κ1) is 10.5. The summed E-state index contributed by atoms with van der Waals surface area (Å²) in [4.78, 5) is 20.1. The van der Waals surface area contributed by atoms with E-state index in [1.807, 2.05) is 15.8 Å². The van der Waals surface area contributed by atoms with Crippen LogP contribution in [0.25, 0.3) is 0 Å². The van der Waals surface area contributed by atoms with Crippen molar-refractivity contribution in [1.82, 2.24) is 19.7 Å². The van der Waals surface area contributed by atoms with Gasteiger partial charge in [0.1, 0.15) is 0 Å². The Labute approximate surface area is 105 Å². The SMILES string of the molecule is O=c1[nH]ccnc1N1CC(n2cc(Br)cn2)C1. The number of nitrogens with one attached hydrogen (secondary N) is 1. The van der Waals surface area contributed by atoms with Crippen LogP contribution in [0.15, 0.2) is 34.1 Å². The minimum Gasteiger partial charge on any atom is -0.348 e. The molecule has 0 saturated carbocycles. The van der Waals surface area contributed by atoms with Crippen LogP contribution in [0.3, 0.4) is 0 Å². The number of aromatic nitrogens is 4. The third-order valence-corrected chi connectivity index (χ3v) is 3.20. The van der Waals surface area contributed by atoms with E-state index in [9.17, 15) is 4.79 Å². The fourth-order valence-electron chi connectivity index (χ4n) is 1.88. The normalized spacial score (nSPS) is 15.9. The van der Waals surface area contributed by atoms with Crippen LogP contribution in [0.2, 0.25) is 0 Å². The van der Waals surface area contributed by atoms with Crippen LogP contribution in [0.5, 0.6) is 0 Å². The van der Waals surface area contributed by atoms with Crippen molar-refractivity contribution in [2.45, 2.75) is 6.04 Å². The Morgan fingerprint density at radius 2 is 2.29 bits per heavy atom. The van der Waals surface area contributed by atoms with Crippen LogP contribution in [-0.4, -0.2) is 32.8 Å². The fraction of sp³-hybridized carbons (Fsp3) is 0.300. The van der Waals surface area contributed by atoms with Crippen molar-refractivity contribution in [2.24, 2.45) is 0 Å². The molecule has 1 fully saturated rings. The van der Waals surface area contributed by atoms with Gasteiger partial charge in [0.05, 0.1) is 16.7 Å². The molecule has 0 amide bonds. The fourth-order valence-corrected chi connectivity index (χ4v) is 2.18. The largest absolute Gasteiger partial charge is 0.348 e. The smallest absolute Gasteiger partial charge is 0.290 e. The average Bonchev–Trinajstić information content (AvgIpc) is 2.66. The summed E-state index contributed by atoms with van der Waals surface area (Å²) in [5.74, 6) is 0.481. The lowest BCUT2D eigenvalue weighted by Gasteiger charge is -2.39. The maximum atomic E-state index is 11.5. The summed E-state index contributed by atoms with van der Waals surface area (Å²) < 4.78 is 2.86. The van der Waals surface area contributed by atoms with Crippen molar-refractivity contribution in [3.63, 3.8) is 0 Å². The van der Waals surface area contributed by atoms with Crippen molar-refractivity contribution in [3.8, 4) is 0 Å². The van der Waals surface area contributed by atoms with Gasteiger partial charge >= 0.3 is 0 Å². The third-order valence-electron chi connectivity index (χ3n) is 2.79. The van der Waals surface area contributed by atoms with Gasteiger partial charge in [-0.1, -0.05) is 0 Å². The molecule has 0 spiro atoms. The van der Waals surface area contributed by atoms with Crippen LogP contribution in [0.4, 0.5) is 5.82 Å². The van der Waals surface area contributed by atoms with Crippen LogP contribution in [-0.2, 0) is 0 Å². The Kier molecular flexibility index (Phi) is 2.47. The first-order valence-electron chi connectivity index (χ1n) is 5.22. The molecule has 0 bridgehead atoms. The monoisotopic (exact) mass is 295 g/mol. The maximum Gasteiger partial charge on any atom is 0.290 e. The molecule has 1 aliphatic heterocycles. The molecule has 0 aliphatic carbocycles. The summed E-state index contributed by atoms with van der Waals surface area (Å²) in [6.07, 6.45) is 6.82. The van der Waals surface area contributed by atoms with Crippen LogP contribution in [0, 0.1) is 0 Å². The molecule has 6 nitrogen and oxygen atoms in total. The van der Waals surface area contributed by atoms with Crippen molar-refractivity contribution < 1.29 is 0 Å². The number of hydrogen-bond acceptors (Lipinski definition) is 4. The highest BCUT2D eigenvalue weighted by atomic mass is 79.9. The van der Waals surface area contributed by atoms with E-state index in [0.29, 0.717) is 11.9 Å². The lowest BCUT2D eigenvalue weighted by Crippen LogP contribution is -2.50. The molecule has 0 radical (unpaired) electrons. The van der Waals surface area contributed by atoms with E-state index in [4.69, 9.17) is 0 Å². The third kappa shape index (κ3) is 1.86. The molecule has 0 atom stereocenters. The van der Waals surface area contributed by atoms with Gasteiger partial charge < -0.3 is 9.88 Å². The number of halogens is 1. The Morgan fingerprint density at radius 1 is 1.47 bits per heavy atom. The van der Waals surface area contributed by atoms with Crippen molar-refractivity contribution in [1.29, 1.82) is 0 Å². The zero-order chi connectivity index (χ0) is 11.8. The molecule has 88 valence electrons. The average molecular weight is 296 g/mol. The molecular weight excluding hydrogens is 286 g/mol. The van der Waals surface area contributed by atoms with E-state index in [0.717, 1.165) is 17.6 Å². The molecule has 1 saturated heterocycles. The topological polar surface area (TPSA) is 66.8 Å². The summed E-state index contributed by atoms with van der Waals surface area (Å²) in [5.41, 5.74) is -0.146. The zero-order valence-electron chi connectivity index (χ0n) is 8.88. The molecule has 0 aromatic carbocycles.